The minimum Gasteiger partial charge on any atom is -0.454 e. The lowest BCUT2D eigenvalue weighted by atomic mass is 10.5. The van der Waals surface area contributed by atoms with Crippen molar-refractivity contribution in [3.8, 4) is 0 Å². The van der Waals surface area contributed by atoms with E-state index in [0.29, 0.717) is 0 Å². The van der Waals surface area contributed by atoms with Crippen molar-refractivity contribution in [1.29, 1.82) is 0 Å². The van der Waals surface area contributed by atoms with E-state index in [4.69, 9.17) is 2.74 Å². The van der Waals surface area contributed by atoms with E-state index in [0.717, 1.165) is 0 Å². The van der Waals surface area contributed by atoms with Crippen LogP contribution in [0.15, 0.2) is 24.7 Å². The van der Waals surface area contributed by atoms with Gasteiger partial charge in [0.15, 0.2) is 11.5 Å². The summed E-state index contributed by atoms with van der Waals surface area (Å²) in [6.45, 7) is 4.63. The van der Waals surface area contributed by atoms with Crippen molar-refractivity contribution in [1.82, 2.24) is 0 Å². The summed E-state index contributed by atoms with van der Waals surface area (Å²) >= 11 is 0. The Balaban J connectivity index is 2.76. The second-order valence-corrected chi connectivity index (χ2v) is 1.13. The molecule has 0 bridgehead atoms. The minimum atomic E-state index is -2.06. The largest absolute Gasteiger partial charge is 0.454 e. The molecule has 0 N–H and O–H groups in total. The van der Waals surface area contributed by atoms with Crippen LogP contribution in [0.3, 0.4) is 0 Å². The zero-order valence-electron chi connectivity index (χ0n) is 5.73. The predicted octanol–water partition coefficient (Wildman–Crippen LogP) is 1.02. The van der Waals surface area contributed by atoms with Gasteiger partial charge >= 0.3 is 0 Å². The van der Waals surface area contributed by atoms with Gasteiger partial charge in [0.05, 0.1) is 0 Å². The van der Waals surface area contributed by atoms with Gasteiger partial charge < -0.3 is 9.47 Å². The first-order valence-electron chi connectivity index (χ1n) is 2.77. The maximum absolute atomic E-state index is 6.85. The lowest BCUT2D eigenvalue weighted by Gasteiger charge is -1.84. The molecule has 0 saturated carbocycles. The first kappa shape index (κ1) is 2.40. The molecule has 0 aliphatic carbocycles. The molecule has 0 atom stereocenters. The van der Waals surface area contributed by atoms with Gasteiger partial charge in [-0.15, -0.1) is 0 Å². The van der Waals surface area contributed by atoms with Crippen LogP contribution in [-0.2, 0) is 9.47 Å². The summed E-state index contributed by atoms with van der Waals surface area (Å²) in [4.78, 5) is 0. The maximum atomic E-state index is 6.85. The smallest absolute Gasteiger partial charge is 0.231 e. The summed E-state index contributed by atoms with van der Waals surface area (Å²) in [5, 5.41) is 0. The monoisotopic (exact) mass is 102 g/mol. The lowest BCUT2D eigenvalue weighted by Crippen LogP contribution is -1.74. The molecule has 0 aromatic rings. The molecule has 1 rings (SSSR count). The van der Waals surface area contributed by atoms with Crippen LogP contribution in [0.2, 0.25) is 0 Å². The quantitative estimate of drug-likeness (QED) is 0.454. The Labute approximate surface area is 44.9 Å². The molecule has 2 nitrogen and oxygen atoms in total. The average molecular weight is 102 g/mol. The molecule has 1 fully saturated rings. The highest BCUT2D eigenvalue weighted by molar-refractivity contribution is 5.14. The molecule has 1 heterocycles. The van der Waals surface area contributed by atoms with Crippen LogP contribution in [0.1, 0.15) is 2.74 Å². The van der Waals surface area contributed by atoms with E-state index in [9.17, 15) is 0 Å². The molecule has 1 aliphatic rings. The topological polar surface area (TPSA) is 18.5 Å². The summed E-state index contributed by atoms with van der Waals surface area (Å²) in [5.41, 5.74) is 0. The third-order valence-corrected chi connectivity index (χ3v) is 0.641. The summed E-state index contributed by atoms with van der Waals surface area (Å²) in [5.74, 6) is 0.306. The minimum absolute atomic E-state index is 0.153. The average Bonchev–Trinajstić information content (AvgIpc) is 1.79. The van der Waals surface area contributed by atoms with Crippen molar-refractivity contribution in [2.75, 3.05) is 6.75 Å². The number of rotatable bonds is 0. The van der Waals surface area contributed by atoms with Crippen LogP contribution in [0.25, 0.3) is 0 Å². The van der Waals surface area contributed by atoms with Crippen LogP contribution in [-0.4, -0.2) is 6.75 Å². The normalized spacial score (nSPS) is 30.3. The Morgan fingerprint density at radius 2 is 1.86 bits per heavy atom. The molecule has 1 saturated heterocycles. The van der Waals surface area contributed by atoms with E-state index in [1.165, 1.54) is 0 Å². The zero-order valence-corrected chi connectivity index (χ0v) is 3.73. The maximum Gasteiger partial charge on any atom is 0.231 e. The number of hydrogen-bond donors (Lipinski definition) is 0. The van der Waals surface area contributed by atoms with E-state index in [1.807, 2.05) is 0 Å². The summed E-state index contributed by atoms with van der Waals surface area (Å²) in [6, 6.07) is 0. The molecule has 0 amide bonds. The highest BCUT2D eigenvalue weighted by atomic mass is 16.7. The van der Waals surface area contributed by atoms with Gasteiger partial charge in [0.2, 0.25) is 6.75 Å². The Morgan fingerprint density at radius 3 is 2.00 bits per heavy atom. The van der Waals surface area contributed by atoms with Crippen molar-refractivity contribution in [2.24, 2.45) is 0 Å². The highest BCUT2D eigenvalue weighted by Crippen LogP contribution is 2.15. The van der Waals surface area contributed by atoms with Crippen molar-refractivity contribution in [3.05, 3.63) is 24.7 Å². The molecule has 7 heavy (non-hydrogen) atoms. The van der Waals surface area contributed by atoms with Crippen molar-refractivity contribution < 1.29 is 12.2 Å². The number of hydrogen-bond acceptors (Lipinski definition) is 2. The molecule has 0 radical (unpaired) electrons. The van der Waals surface area contributed by atoms with E-state index >= 15 is 0 Å². The Morgan fingerprint density at radius 1 is 1.43 bits per heavy atom. The first-order chi connectivity index (χ1) is 4.01. The highest BCUT2D eigenvalue weighted by Gasteiger charge is 2.08. The van der Waals surface area contributed by atoms with Crippen LogP contribution in [0.4, 0.5) is 0 Å². The van der Waals surface area contributed by atoms with Gasteiger partial charge in [0.1, 0.15) is 2.74 Å². The van der Waals surface area contributed by atoms with Gasteiger partial charge in [0.25, 0.3) is 0 Å². The molecule has 1 aliphatic heterocycles. The van der Waals surface area contributed by atoms with Gasteiger partial charge in [-0.05, 0) is 0 Å². The van der Waals surface area contributed by atoms with Gasteiger partial charge in [-0.2, -0.15) is 0 Å². The van der Waals surface area contributed by atoms with Crippen molar-refractivity contribution in [2.45, 2.75) is 0 Å². The Hall–Kier alpha value is -0.920. The molecule has 0 aromatic carbocycles. The standard InChI is InChI=1S/C5H6O2/c1-4-5(2)7-3-6-4/h1-3H2/i3T2. The summed E-state index contributed by atoms with van der Waals surface area (Å²) < 4.78 is 22.7. The third kappa shape index (κ3) is 0.585. The molecule has 0 aromatic heterocycles. The molecule has 38 valence electrons. The summed E-state index contributed by atoms with van der Waals surface area (Å²) in [6.07, 6.45) is 0. The second-order valence-electron chi connectivity index (χ2n) is 1.13. The molecule has 2 heteroatoms. The summed E-state index contributed by atoms with van der Waals surface area (Å²) in [7, 11) is 0. The van der Waals surface area contributed by atoms with Gasteiger partial charge in [-0.25, -0.2) is 0 Å². The predicted molar refractivity (Wildman–Crippen MR) is 25.3 cm³/mol. The number of ether oxygens (including phenoxy) is 2. The second kappa shape index (κ2) is 1.30. The fourth-order valence-corrected chi connectivity index (χ4v) is 0.235. The lowest BCUT2D eigenvalue weighted by molar-refractivity contribution is 0.0983. The van der Waals surface area contributed by atoms with Crippen LogP contribution < -0.4 is 0 Å². The molecule has 0 unspecified atom stereocenters. The van der Waals surface area contributed by atoms with E-state index in [2.05, 4.69) is 22.6 Å². The molecular formula is C5H6O2. The van der Waals surface area contributed by atoms with E-state index < -0.39 is 6.75 Å². The van der Waals surface area contributed by atoms with Crippen LogP contribution in [0.5, 0.6) is 0 Å². The SMILES string of the molecule is [3H]C1([3H])OC(=C)C(=C)O1. The van der Waals surface area contributed by atoms with Gasteiger partial charge in [-0.3, -0.25) is 0 Å². The third-order valence-electron chi connectivity index (χ3n) is 0.641. The fraction of sp³-hybridized carbons (Fsp3) is 0.200. The molecular weight excluding hydrogens is 92.1 g/mol. The van der Waals surface area contributed by atoms with Crippen molar-refractivity contribution >= 4 is 0 Å². The molecule has 0 spiro atoms. The van der Waals surface area contributed by atoms with E-state index in [1.54, 1.807) is 0 Å². The Kier molecular flexibility index (Phi) is 0.445. The fourth-order valence-electron chi connectivity index (χ4n) is 0.235. The van der Waals surface area contributed by atoms with E-state index in [-0.39, 0.29) is 11.5 Å². The Bertz CT molecular complexity index is 156. The zero-order chi connectivity index (χ0) is 7.07. The van der Waals surface area contributed by atoms with Crippen LogP contribution >= 0.6 is 0 Å². The van der Waals surface area contributed by atoms with Crippen molar-refractivity contribution in [3.63, 3.8) is 0 Å². The van der Waals surface area contributed by atoms with Crippen LogP contribution in [0, 0.1) is 0 Å². The van der Waals surface area contributed by atoms with Gasteiger partial charge in [-0.1, -0.05) is 13.2 Å². The first-order valence-corrected chi connectivity index (χ1v) is 1.77. The van der Waals surface area contributed by atoms with Gasteiger partial charge in [0, 0.05) is 0 Å².